The molecule has 19 heavy (non-hydrogen) atoms. The third kappa shape index (κ3) is 4.74. The summed E-state index contributed by atoms with van der Waals surface area (Å²) in [6.07, 6.45) is 0.640. The molecule has 0 aromatic heterocycles. The molecule has 108 valence electrons. The van der Waals surface area contributed by atoms with E-state index in [0.717, 1.165) is 0 Å². The molecule has 0 saturated carbocycles. The smallest absolute Gasteiger partial charge is 0.235 e. The number of hydrogen-bond acceptors (Lipinski definition) is 3. The molecule has 0 saturated heterocycles. The van der Waals surface area contributed by atoms with Crippen molar-refractivity contribution in [1.29, 1.82) is 0 Å². The van der Waals surface area contributed by atoms with Crippen LogP contribution in [0.4, 0.5) is 11.4 Å². The average molecular weight is 284 g/mol. The Labute approximate surface area is 116 Å². The molecule has 1 aromatic carbocycles. The van der Waals surface area contributed by atoms with Crippen LogP contribution in [0.15, 0.2) is 24.3 Å². The van der Waals surface area contributed by atoms with Crippen molar-refractivity contribution < 1.29 is 8.42 Å². The molecular formula is C14H24N2O2S. The molecule has 0 aliphatic carbocycles. The van der Waals surface area contributed by atoms with Crippen molar-refractivity contribution in [3.8, 4) is 0 Å². The fraction of sp³-hybridized carbons (Fsp3) is 0.571. The second kappa shape index (κ2) is 5.82. The zero-order valence-electron chi connectivity index (χ0n) is 12.2. The minimum Gasteiger partial charge on any atom is -0.399 e. The molecule has 1 aromatic rings. The van der Waals surface area contributed by atoms with Crippen LogP contribution >= 0.6 is 0 Å². The van der Waals surface area contributed by atoms with E-state index < -0.39 is 10.0 Å². The summed E-state index contributed by atoms with van der Waals surface area (Å²) in [7, 11) is -3.28. The highest BCUT2D eigenvalue weighted by Crippen LogP contribution is 2.24. The zero-order valence-corrected chi connectivity index (χ0v) is 13.0. The number of sulfonamides is 1. The highest BCUT2D eigenvalue weighted by Gasteiger charge is 2.23. The van der Waals surface area contributed by atoms with E-state index in [-0.39, 0.29) is 11.2 Å². The third-order valence-electron chi connectivity index (χ3n) is 2.91. The van der Waals surface area contributed by atoms with Gasteiger partial charge in [-0.1, -0.05) is 20.8 Å². The molecule has 0 radical (unpaired) electrons. The molecule has 4 nitrogen and oxygen atoms in total. The molecule has 0 unspecified atom stereocenters. The Balaban J connectivity index is 2.92. The van der Waals surface area contributed by atoms with Crippen LogP contribution in [-0.2, 0) is 10.0 Å². The molecule has 0 bridgehead atoms. The first kappa shape index (κ1) is 15.8. The van der Waals surface area contributed by atoms with Gasteiger partial charge in [-0.05, 0) is 43.0 Å². The van der Waals surface area contributed by atoms with Gasteiger partial charge in [0.15, 0.2) is 0 Å². The normalized spacial score (nSPS) is 12.4. The largest absolute Gasteiger partial charge is 0.399 e. The van der Waals surface area contributed by atoms with Crippen molar-refractivity contribution >= 4 is 21.4 Å². The lowest BCUT2D eigenvalue weighted by atomic mass is 9.94. The summed E-state index contributed by atoms with van der Waals surface area (Å²) in [6, 6.07) is 6.93. The van der Waals surface area contributed by atoms with Gasteiger partial charge in [0.05, 0.1) is 11.4 Å². The lowest BCUT2D eigenvalue weighted by Gasteiger charge is -2.25. The number of rotatable bonds is 5. The Hall–Kier alpha value is -1.23. The van der Waals surface area contributed by atoms with E-state index in [1.165, 1.54) is 4.31 Å². The molecule has 0 aliphatic rings. The Morgan fingerprint density at radius 2 is 1.68 bits per heavy atom. The van der Waals surface area contributed by atoms with Crippen LogP contribution in [0.3, 0.4) is 0 Å². The number of nitrogens with two attached hydrogens (primary N) is 1. The van der Waals surface area contributed by atoms with E-state index in [0.29, 0.717) is 24.3 Å². The van der Waals surface area contributed by atoms with Crippen molar-refractivity contribution in [2.45, 2.75) is 34.1 Å². The van der Waals surface area contributed by atoms with Gasteiger partial charge in [0.25, 0.3) is 0 Å². The van der Waals surface area contributed by atoms with Crippen molar-refractivity contribution in [3.63, 3.8) is 0 Å². The monoisotopic (exact) mass is 284 g/mol. The molecule has 0 fully saturated rings. The van der Waals surface area contributed by atoms with Gasteiger partial charge in [-0.15, -0.1) is 0 Å². The number of benzene rings is 1. The first-order chi connectivity index (χ1) is 8.65. The Morgan fingerprint density at radius 3 is 2.11 bits per heavy atom. The van der Waals surface area contributed by atoms with Crippen molar-refractivity contribution in [3.05, 3.63) is 24.3 Å². The van der Waals surface area contributed by atoms with E-state index in [4.69, 9.17) is 5.73 Å². The first-order valence-corrected chi connectivity index (χ1v) is 8.12. The summed E-state index contributed by atoms with van der Waals surface area (Å²) in [6.45, 7) is 8.40. The first-order valence-electron chi connectivity index (χ1n) is 6.52. The summed E-state index contributed by atoms with van der Waals surface area (Å²) in [5.74, 6) is 0.161. The van der Waals surface area contributed by atoms with Gasteiger partial charge in [-0.25, -0.2) is 8.42 Å². The van der Waals surface area contributed by atoms with Crippen molar-refractivity contribution in [2.75, 3.05) is 22.3 Å². The van der Waals surface area contributed by atoms with Crippen LogP contribution in [0.2, 0.25) is 0 Å². The van der Waals surface area contributed by atoms with Gasteiger partial charge in [0.1, 0.15) is 0 Å². The van der Waals surface area contributed by atoms with Gasteiger partial charge in [0.2, 0.25) is 10.0 Å². The van der Waals surface area contributed by atoms with E-state index in [2.05, 4.69) is 0 Å². The van der Waals surface area contributed by atoms with Crippen LogP contribution in [-0.4, -0.2) is 20.7 Å². The molecule has 0 amide bonds. The second-order valence-corrected chi connectivity index (χ2v) is 7.90. The standard InChI is InChI=1S/C14H24N2O2S/c1-5-16(13-8-6-12(15)7-9-13)19(17,18)11-10-14(2,3)4/h6-9H,5,10-11,15H2,1-4H3. The number of nitrogens with zero attached hydrogens (tertiary/aromatic N) is 1. The van der Waals surface area contributed by atoms with Crippen molar-refractivity contribution in [2.24, 2.45) is 5.41 Å². The average Bonchev–Trinajstić information content (AvgIpc) is 2.29. The van der Waals surface area contributed by atoms with Crippen LogP contribution in [0.25, 0.3) is 0 Å². The molecule has 0 aliphatic heterocycles. The van der Waals surface area contributed by atoms with E-state index in [9.17, 15) is 8.42 Å². The maximum Gasteiger partial charge on any atom is 0.235 e. The van der Waals surface area contributed by atoms with Crippen LogP contribution in [0.1, 0.15) is 34.1 Å². The van der Waals surface area contributed by atoms with Crippen molar-refractivity contribution in [1.82, 2.24) is 0 Å². The highest BCUT2D eigenvalue weighted by atomic mass is 32.2. The lowest BCUT2D eigenvalue weighted by molar-refractivity contribution is 0.397. The maximum atomic E-state index is 12.4. The second-order valence-electron chi connectivity index (χ2n) is 5.88. The summed E-state index contributed by atoms with van der Waals surface area (Å²) in [4.78, 5) is 0. The quantitative estimate of drug-likeness (QED) is 0.846. The number of hydrogen-bond donors (Lipinski definition) is 1. The van der Waals surface area contributed by atoms with E-state index >= 15 is 0 Å². The Morgan fingerprint density at radius 1 is 1.16 bits per heavy atom. The van der Waals surface area contributed by atoms with Gasteiger partial charge in [0, 0.05) is 12.2 Å². The topological polar surface area (TPSA) is 63.4 Å². The molecule has 2 N–H and O–H groups in total. The van der Waals surface area contributed by atoms with Gasteiger partial charge in [-0.2, -0.15) is 0 Å². The molecule has 0 atom stereocenters. The van der Waals surface area contributed by atoms with Crippen LogP contribution in [0, 0.1) is 5.41 Å². The van der Waals surface area contributed by atoms with E-state index in [1.807, 2.05) is 27.7 Å². The number of nitrogen functional groups attached to an aromatic ring is 1. The fourth-order valence-electron chi connectivity index (χ4n) is 1.73. The van der Waals surface area contributed by atoms with Gasteiger partial charge < -0.3 is 5.73 Å². The SMILES string of the molecule is CCN(c1ccc(N)cc1)S(=O)(=O)CCC(C)(C)C. The minimum atomic E-state index is -3.28. The summed E-state index contributed by atoms with van der Waals surface area (Å²) < 4.78 is 26.2. The number of anilines is 2. The summed E-state index contributed by atoms with van der Waals surface area (Å²) in [5, 5.41) is 0. The third-order valence-corrected chi connectivity index (χ3v) is 4.77. The predicted octanol–water partition coefficient (Wildman–Crippen LogP) is 2.86. The summed E-state index contributed by atoms with van der Waals surface area (Å²) in [5.41, 5.74) is 6.94. The lowest BCUT2D eigenvalue weighted by Crippen LogP contribution is -2.34. The van der Waals surface area contributed by atoms with Gasteiger partial charge >= 0.3 is 0 Å². The molecular weight excluding hydrogens is 260 g/mol. The maximum absolute atomic E-state index is 12.4. The van der Waals surface area contributed by atoms with Gasteiger partial charge in [-0.3, -0.25) is 4.31 Å². The zero-order chi connectivity index (χ0) is 14.7. The molecule has 5 heteroatoms. The molecule has 1 rings (SSSR count). The van der Waals surface area contributed by atoms with Crippen LogP contribution < -0.4 is 10.0 Å². The molecule has 0 heterocycles. The Kier molecular flexibility index (Phi) is 4.85. The molecule has 0 spiro atoms. The fourth-order valence-corrected chi connectivity index (χ4v) is 3.65. The highest BCUT2D eigenvalue weighted by molar-refractivity contribution is 7.92. The minimum absolute atomic E-state index is 0.00754. The van der Waals surface area contributed by atoms with Crippen LogP contribution in [0.5, 0.6) is 0 Å². The Bertz CT molecular complexity index is 501. The predicted molar refractivity (Wildman–Crippen MR) is 81.7 cm³/mol. The van der Waals surface area contributed by atoms with E-state index in [1.54, 1.807) is 24.3 Å². The summed E-state index contributed by atoms with van der Waals surface area (Å²) >= 11 is 0.